The third-order valence-corrected chi connectivity index (χ3v) is 3.97. The second-order valence-corrected chi connectivity index (χ2v) is 5.82. The third kappa shape index (κ3) is 6.44. The largest absolute Gasteiger partial charge is 0.439 e. The fraction of sp³-hybridized carbons (Fsp3) is 0.333. The predicted molar refractivity (Wildman–Crippen MR) is 103 cm³/mol. The first-order valence-corrected chi connectivity index (χ1v) is 8.07. The minimum atomic E-state index is -0.311. The van der Waals surface area contributed by atoms with Crippen LogP contribution < -0.4 is 15.4 Å². The molecule has 0 spiro atoms. The average Bonchev–Trinajstić information content (AvgIpc) is 2.63. The van der Waals surface area contributed by atoms with E-state index in [-0.39, 0.29) is 42.5 Å². The summed E-state index contributed by atoms with van der Waals surface area (Å²) in [5, 5.41) is 6.18. The summed E-state index contributed by atoms with van der Waals surface area (Å²) in [4.78, 5) is 16.3. The monoisotopic (exact) mass is 401 g/mol. The van der Waals surface area contributed by atoms with E-state index in [2.05, 4.69) is 15.6 Å². The summed E-state index contributed by atoms with van der Waals surface area (Å²) in [6.45, 7) is 2.18. The predicted octanol–water partition coefficient (Wildman–Crippen LogP) is 3.47. The Bertz CT molecular complexity index is 678. The van der Waals surface area contributed by atoms with E-state index in [1.807, 2.05) is 6.07 Å². The van der Waals surface area contributed by atoms with Crippen LogP contribution in [0.25, 0.3) is 0 Å². The molecule has 8 heteroatoms. The number of nitrogens with zero attached hydrogens (tertiary/aromatic N) is 1. The molecule has 1 saturated heterocycles. The Hall–Kier alpha value is -1.89. The lowest BCUT2D eigenvalue weighted by atomic mass is 9.99. The van der Waals surface area contributed by atoms with Gasteiger partial charge in [0.1, 0.15) is 11.6 Å². The van der Waals surface area contributed by atoms with E-state index >= 15 is 0 Å². The van der Waals surface area contributed by atoms with E-state index in [1.165, 1.54) is 12.1 Å². The van der Waals surface area contributed by atoms with E-state index in [9.17, 15) is 9.18 Å². The first kappa shape index (κ1) is 22.2. The van der Waals surface area contributed by atoms with Crippen molar-refractivity contribution < 1.29 is 13.9 Å². The number of hydrogen-bond donors (Lipinski definition) is 2. The molecular formula is C18H22Cl2FN3O2. The van der Waals surface area contributed by atoms with Crippen LogP contribution in [0.1, 0.15) is 18.4 Å². The molecule has 2 N–H and O–H groups in total. The minimum absolute atomic E-state index is 0. The maximum absolute atomic E-state index is 12.9. The first-order valence-electron chi connectivity index (χ1n) is 8.07. The number of pyridine rings is 1. The van der Waals surface area contributed by atoms with E-state index in [0.29, 0.717) is 18.2 Å². The maximum atomic E-state index is 12.9. The number of rotatable bonds is 5. The first-order chi connectivity index (χ1) is 11.7. The smallest absolute Gasteiger partial charge is 0.224 e. The molecule has 1 aromatic heterocycles. The van der Waals surface area contributed by atoms with Gasteiger partial charge < -0.3 is 15.4 Å². The standard InChI is InChI=1S/C18H20FN3O2.2ClH/c19-15-4-6-16(7-5-15)24-17-8-3-13(10-21-17)11-22-18(23)14-2-1-9-20-12-14;;/h3-8,10,14,20H,1-2,9,11-12H2,(H,22,23);2*1H. The Kier molecular flexibility index (Phi) is 9.34. The van der Waals surface area contributed by atoms with Gasteiger partial charge in [-0.15, -0.1) is 24.8 Å². The molecule has 142 valence electrons. The molecule has 1 aliphatic rings. The zero-order chi connectivity index (χ0) is 16.8. The van der Waals surface area contributed by atoms with Crippen LogP contribution in [0, 0.1) is 11.7 Å². The quantitative estimate of drug-likeness (QED) is 0.804. The van der Waals surface area contributed by atoms with Crippen molar-refractivity contribution in [3.8, 4) is 11.6 Å². The van der Waals surface area contributed by atoms with E-state index in [0.717, 1.165) is 31.5 Å². The zero-order valence-corrected chi connectivity index (χ0v) is 15.7. The van der Waals surface area contributed by atoms with Crippen molar-refractivity contribution in [3.63, 3.8) is 0 Å². The molecule has 1 unspecified atom stereocenters. The molecular weight excluding hydrogens is 380 g/mol. The number of benzene rings is 1. The second-order valence-electron chi connectivity index (χ2n) is 5.82. The number of nitrogens with one attached hydrogen (secondary N) is 2. The Morgan fingerprint density at radius 1 is 1.23 bits per heavy atom. The second kappa shape index (κ2) is 11.0. The molecule has 1 aliphatic heterocycles. The Morgan fingerprint density at radius 2 is 2.00 bits per heavy atom. The van der Waals surface area contributed by atoms with Gasteiger partial charge in [-0.2, -0.15) is 0 Å². The lowest BCUT2D eigenvalue weighted by Gasteiger charge is -2.21. The number of halogens is 3. The van der Waals surface area contributed by atoms with Crippen molar-refractivity contribution in [1.29, 1.82) is 0 Å². The van der Waals surface area contributed by atoms with Crippen molar-refractivity contribution >= 4 is 30.7 Å². The molecule has 0 bridgehead atoms. The number of hydrogen-bond acceptors (Lipinski definition) is 4. The Balaban J connectivity index is 0.00000169. The molecule has 1 aromatic carbocycles. The van der Waals surface area contributed by atoms with Gasteiger partial charge in [0.05, 0.1) is 5.92 Å². The number of piperidine rings is 1. The lowest BCUT2D eigenvalue weighted by Crippen LogP contribution is -2.40. The molecule has 0 aliphatic carbocycles. The van der Waals surface area contributed by atoms with Gasteiger partial charge in [-0.1, -0.05) is 6.07 Å². The van der Waals surface area contributed by atoms with E-state index < -0.39 is 0 Å². The summed E-state index contributed by atoms with van der Waals surface area (Å²) in [6, 6.07) is 9.34. The normalized spacial score (nSPS) is 16.0. The van der Waals surface area contributed by atoms with Gasteiger partial charge in [-0.05, 0) is 49.2 Å². The van der Waals surface area contributed by atoms with Gasteiger partial charge in [0.2, 0.25) is 11.8 Å². The molecule has 5 nitrogen and oxygen atoms in total. The van der Waals surface area contributed by atoms with Crippen LogP contribution in [0.4, 0.5) is 4.39 Å². The fourth-order valence-corrected chi connectivity index (χ4v) is 2.61. The van der Waals surface area contributed by atoms with Gasteiger partial charge in [-0.25, -0.2) is 9.37 Å². The van der Waals surface area contributed by atoms with Gasteiger partial charge in [0, 0.05) is 25.4 Å². The topological polar surface area (TPSA) is 63.2 Å². The molecule has 2 heterocycles. The van der Waals surface area contributed by atoms with Crippen molar-refractivity contribution in [2.75, 3.05) is 13.1 Å². The molecule has 3 rings (SSSR count). The molecule has 1 atom stereocenters. The number of amides is 1. The van der Waals surface area contributed by atoms with Crippen LogP contribution in [0.5, 0.6) is 11.6 Å². The highest BCUT2D eigenvalue weighted by Crippen LogP contribution is 2.19. The summed E-state index contributed by atoms with van der Waals surface area (Å²) in [5.41, 5.74) is 0.901. The molecule has 0 radical (unpaired) electrons. The molecule has 1 fully saturated rings. The Labute approximate surface area is 164 Å². The van der Waals surface area contributed by atoms with E-state index in [1.54, 1.807) is 24.4 Å². The van der Waals surface area contributed by atoms with Gasteiger partial charge in [0.25, 0.3) is 0 Å². The summed E-state index contributed by atoms with van der Waals surface area (Å²) in [5.74, 6) is 0.763. The summed E-state index contributed by atoms with van der Waals surface area (Å²) in [7, 11) is 0. The van der Waals surface area contributed by atoms with Crippen molar-refractivity contribution in [2.45, 2.75) is 19.4 Å². The Morgan fingerprint density at radius 3 is 2.62 bits per heavy atom. The van der Waals surface area contributed by atoms with Crippen LogP contribution in [0.3, 0.4) is 0 Å². The van der Waals surface area contributed by atoms with Crippen molar-refractivity contribution in [1.82, 2.24) is 15.6 Å². The summed E-state index contributed by atoms with van der Waals surface area (Å²) >= 11 is 0. The van der Waals surface area contributed by atoms with Gasteiger partial charge in [-0.3, -0.25) is 4.79 Å². The van der Waals surface area contributed by atoms with Gasteiger partial charge >= 0.3 is 0 Å². The van der Waals surface area contributed by atoms with Gasteiger partial charge in [0.15, 0.2) is 0 Å². The maximum Gasteiger partial charge on any atom is 0.224 e. The number of aromatic nitrogens is 1. The molecule has 0 saturated carbocycles. The third-order valence-electron chi connectivity index (χ3n) is 3.97. The lowest BCUT2D eigenvalue weighted by molar-refractivity contribution is -0.125. The van der Waals surface area contributed by atoms with E-state index in [4.69, 9.17) is 4.74 Å². The summed E-state index contributed by atoms with van der Waals surface area (Å²) < 4.78 is 18.4. The summed E-state index contributed by atoms with van der Waals surface area (Å²) in [6.07, 6.45) is 3.63. The molecule has 26 heavy (non-hydrogen) atoms. The number of carbonyl (C=O) groups excluding carboxylic acids is 1. The highest BCUT2D eigenvalue weighted by Gasteiger charge is 2.20. The average molecular weight is 402 g/mol. The highest BCUT2D eigenvalue weighted by molar-refractivity contribution is 5.85. The highest BCUT2D eigenvalue weighted by atomic mass is 35.5. The zero-order valence-electron chi connectivity index (χ0n) is 14.1. The SMILES string of the molecule is Cl.Cl.O=C(NCc1ccc(Oc2ccc(F)cc2)nc1)C1CCCNC1. The minimum Gasteiger partial charge on any atom is -0.439 e. The van der Waals surface area contributed by atoms with Crippen LogP contribution in [0.15, 0.2) is 42.6 Å². The van der Waals surface area contributed by atoms with Crippen LogP contribution >= 0.6 is 24.8 Å². The van der Waals surface area contributed by atoms with Crippen molar-refractivity contribution in [2.24, 2.45) is 5.92 Å². The molecule has 2 aromatic rings. The number of carbonyl (C=O) groups is 1. The van der Waals surface area contributed by atoms with Crippen molar-refractivity contribution in [3.05, 3.63) is 54.0 Å². The number of ether oxygens (including phenoxy) is 1. The van der Waals surface area contributed by atoms with Crippen LogP contribution in [0.2, 0.25) is 0 Å². The fourth-order valence-electron chi connectivity index (χ4n) is 2.61. The van der Waals surface area contributed by atoms with Crippen LogP contribution in [-0.2, 0) is 11.3 Å². The van der Waals surface area contributed by atoms with Crippen LogP contribution in [-0.4, -0.2) is 24.0 Å². The molecule has 1 amide bonds.